The second kappa shape index (κ2) is 5.93. The van der Waals surface area contributed by atoms with E-state index in [0.29, 0.717) is 0 Å². The average molecular weight is 374 g/mol. The molecular formula is C20H26N2O5. The Kier molecular flexibility index (Phi) is 3.83. The van der Waals surface area contributed by atoms with E-state index in [4.69, 9.17) is 23.7 Å². The van der Waals surface area contributed by atoms with Gasteiger partial charge in [-0.2, -0.15) is 0 Å². The van der Waals surface area contributed by atoms with E-state index in [-0.39, 0.29) is 30.3 Å². The van der Waals surface area contributed by atoms with Crippen molar-refractivity contribution in [3.63, 3.8) is 0 Å². The molecule has 1 unspecified atom stereocenters. The molecule has 2 N–H and O–H groups in total. The van der Waals surface area contributed by atoms with E-state index in [1.807, 2.05) is 52.2 Å². The van der Waals surface area contributed by atoms with Crippen LogP contribution in [0, 0.1) is 0 Å². The molecule has 0 aromatic carbocycles. The lowest BCUT2D eigenvalue weighted by Crippen LogP contribution is -2.56. The van der Waals surface area contributed by atoms with Gasteiger partial charge in [0.25, 0.3) is 0 Å². The smallest absolute Gasteiger partial charge is 0.190 e. The van der Waals surface area contributed by atoms with Gasteiger partial charge in [-0.1, -0.05) is 0 Å². The maximum atomic E-state index is 6.47. The highest BCUT2D eigenvalue weighted by atomic mass is 16.9. The normalized spacial score (nSPS) is 36.7. The van der Waals surface area contributed by atoms with Crippen LogP contribution >= 0.6 is 0 Å². The summed E-state index contributed by atoms with van der Waals surface area (Å²) in [5.41, 5.74) is 2.09. The number of aromatic amines is 2. The zero-order chi connectivity index (χ0) is 18.8. The molecule has 0 aliphatic carbocycles. The molecule has 0 bridgehead atoms. The Hall–Kier alpha value is -1.64. The second-order valence-corrected chi connectivity index (χ2v) is 8.36. The first-order chi connectivity index (χ1) is 12.8. The minimum Gasteiger partial charge on any atom is -0.364 e. The number of fused-ring (bicyclic) bond motifs is 3. The van der Waals surface area contributed by atoms with Gasteiger partial charge in [-0.05, 0) is 52.0 Å². The Morgan fingerprint density at radius 2 is 1.33 bits per heavy atom. The van der Waals surface area contributed by atoms with E-state index < -0.39 is 17.9 Å². The third-order valence-corrected chi connectivity index (χ3v) is 5.43. The molecule has 2 aromatic heterocycles. The van der Waals surface area contributed by atoms with Crippen molar-refractivity contribution in [1.29, 1.82) is 0 Å². The van der Waals surface area contributed by atoms with Crippen LogP contribution in [-0.4, -0.2) is 52.2 Å². The van der Waals surface area contributed by atoms with Gasteiger partial charge < -0.3 is 33.7 Å². The molecule has 3 aliphatic heterocycles. The summed E-state index contributed by atoms with van der Waals surface area (Å²) in [4.78, 5) is 6.66. The quantitative estimate of drug-likeness (QED) is 0.864. The van der Waals surface area contributed by atoms with Gasteiger partial charge >= 0.3 is 0 Å². The zero-order valence-electron chi connectivity index (χ0n) is 16.0. The van der Waals surface area contributed by atoms with Crippen LogP contribution in [0.5, 0.6) is 0 Å². The van der Waals surface area contributed by atoms with Crippen molar-refractivity contribution in [2.75, 3.05) is 0 Å². The SMILES string of the molecule is CC1(C)O[C@H]2OC(C(c3ccc[nH]3)c3ccc[nH]3)[C@H]3OC(C)(C)O[C@H]3[C@H]2O1. The Balaban J connectivity index is 1.56. The fourth-order valence-corrected chi connectivity index (χ4v) is 4.51. The van der Waals surface area contributed by atoms with Gasteiger partial charge in [0.15, 0.2) is 17.9 Å². The number of nitrogens with one attached hydrogen (secondary N) is 2. The highest BCUT2D eigenvalue weighted by Crippen LogP contribution is 2.47. The monoisotopic (exact) mass is 374 g/mol. The van der Waals surface area contributed by atoms with Crippen LogP contribution in [0.2, 0.25) is 0 Å². The van der Waals surface area contributed by atoms with Gasteiger partial charge in [0.05, 0.1) is 5.92 Å². The summed E-state index contributed by atoms with van der Waals surface area (Å²) in [6, 6.07) is 8.10. The molecule has 5 atom stereocenters. The van der Waals surface area contributed by atoms with Crippen LogP contribution in [0.1, 0.15) is 45.0 Å². The Labute approximate surface area is 158 Å². The molecule has 7 nitrogen and oxygen atoms in total. The predicted molar refractivity (Wildman–Crippen MR) is 96.0 cm³/mol. The molecular weight excluding hydrogens is 348 g/mol. The maximum Gasteiger partial charge on any atom is 0.190 e. The molecule has 5 heterocycles. The number of hydrogen-bond acceptors (Lipinski definition) is 5. The lowest BCUT2D eigenvalue weighted by molar-refractivity contribution is -0.236. The average Bonchev–Trinajstić information content (AvgIpc) is 3.33. The van der Waals surface area contributed by atoms with Gasteiger partial charge in [0, 0.05) is 23.8 Å². The summed E-state index contributed by atoms with van der Waals surface area (Å²) in [5, 5.41) is 0. The molecule has 0 saturated carbocycles. The molecule has 3 fully saturated rings. The predicted octanol–water partition coefficient (Wildman–Crippen LogP) is 2.87. The third kappa shape index (κ3) is 2.94. The van der Waals surface area contributed by atoms with E-state index in [2.05, 4.69) is 22.1 Å². The summed E-state index contributed by atoms with van der Waals surface area (Å²) in [6.45, 7) is 7.65. The fraction of sp³-hybridized carbons (Fsp3) is 0.600. The molecule has 0 spiro atoms. The lowest BCUT2D eigenvalue weighted by Gasteiger charge is -2.40. The van der Waals surface area contributed by atoms with Crippen LogP contribution in [0.25, 0.3) is 0 Å². The van der Waals surface area contributed by atoms with Crippen LogP contribution in [0.3, 0.4) is 0 Å². The van der Waals surface area contributed by atoms with Crippen LogP contribution in [0.4, 0.5) is 0 Å². The van der Waals surface area contributed by atoms with E-state index in [9.17, 15) is 0 Å². The minimum atomic E-state index is -0.723. The summed E-state index contributed by atoms with van der Waals surface area (Å²) < 4.78 is 31.2. The summed E-state index contributed by atoms with van der Waals surface area (Å²) in [6.07, 6.45) is 2.17. The standard InChI is InChI=1S/C20H26N2O5/c1-19(2)24-15-14(13(11-7-5-9-21-11)12-8-6-10-22-12)23-18-17(16(15)25-19)26-20(3,4)27-18/h5-10,13-18,21-22H,1-4H3/t14?,15-,16-,17-,18-/m1/s1. The maximum absolute atomic E-state index is 6.47. The van der Waals surface area contributed by atoms with E-state index in [0.717, 1.165) is 11.4 Å². The summed E-state index contributed by atoms with van der Waals surface area (Å²) in [7, 11) is 0. The van der Waals surface area contributed by atoms with Crippen LogP contribution in [0.15, 0.2) is 36.7 Å². The van der Waals surface area contributed by atoms with Crippen molar-refractivity contribution in [3.8, 4) is 0 Å². The number of aromatic nitrogens is 2. The highest BCUT2D eigenvalue weighted by molar-refractivity contribution is 5.27. The van der Waals surface area contributed by atoms with Gasteiger partial charge in [0.2, 0.25) is 0 Å². The summed E-state index contributed by atoms with van der Waals surface area (Å²) >= 11 is 0. The molecule has 27 heavy (non-hydrogen) atoms. The van der Waals surface area contributed by atoms with Gasteiger partial charge in [0.1, 0.15) is 24.4 Å². The Morgan fingerprint density at radius 3 is 1.93 bits per heavy atom. The van der Waals surface area contributed by atoms with Crippen LogP contribution in [-0.2, 0) is 23.7 Å². The molecule has 7 heteroatoms. The largest absolute Gasteiger partial charge is 0.364 e. The molecule has 146 valence electrons. The first-order valence-electron chi connectivity index (χ1n) is 9.46. The first-order valence-corrected chi connectivity index (χ1v) is 9.46. The Bertz CT molecular complexity index is 751. The van der Waals surface area contributed by atoms with Gasteiger partial charge in [-0.25, -0.2) is 0 Å². The van der Waals surface area contributed by atoms with Crippen molar-refractivity contribution in [3.05, 3.63) is 48.0 Å². The molecule has 3 saturated heterocycles. The minimum absolute atomic E-state index is 0.0757. The van der Waals surface area contributed by atoms with Gasteiger partial charge in [-0.15, -0.1) is 0 Å². The van der Waals surface area contributed by atoms with Crippen molar-refractivity contribution >= 4 is 0 Å². The first kappa shape index (κ1) is 17.5. The fourth-order valence-electron chi connectivity index (χ4n) is 4.51. The second-order valence-electron chi connectivity index (χ2n) is 8.36. The molecule has 0 amide bonds. The zero-order valence-corrected chi connectivity index (χ0v) is 16.0. The number of ether oxygens (including phenoxy) is 5. The van der Waals surface area contributed by atoms with Crippen molar-refractivity contribution in [2.24, 2.45) is 0 Å². The van der Waals surface area contributed by atoms with E-state index in [1.165, 1.54) is 0 Å². The Morgan fingerprint density at radius 1 is 0.778 bits per heavy atom. The topological polar surface area (TPSA) is 77.7 Å². The molecule has 0 radical (unpaired) electrons. The van der Waals surface area contributed by atoms with Crippen molar-refractivity contribution in [2.45, 2.75) is 75.9 Å². The van der Waals surface area contributed by atoms with E-state index in [1.54, 1.807) is 0 Å². The number of hydrogen-bond donors (Lipinski definition) is 2. The van der Waals surface area contributed by atoms with Crippen molar-refractivity contribution < 1.29 is 23.7 Å². The number of H-pyrrole nitrogens is 2. The summed E-state index contributed by atoms with van der Waals surface area (Å²) in [5.74, 6) is -1.51. The van der Waals surface area contributed by atoms with Gasteiger partial charge in [-0.3, -0.25) is 0 Å². The van der Waals surface area contributed by atoms with Crippen LogP contribution < -0.4 is 0 Å². The third-order valence-electron chi connectivity index (χ3n) is 5.43. The van der Waals surface area contributed by atoms with Crippen molar-refractivity contribution in [1.82, 2.24) is 9.97 Å². The molecule has 2 aromatic rings. The molecule has 3 aliphatic rings. The lowest BCUT2D eigenvalue weighted by atomic mass is 9.86. The number of rotatable bonds is 3. The molecule has 5 rings (SSSR count). The van der Waals surface area contributed by atoms with E-state index >= 15 is 0 Å². The highest BCUT2D eigenvalue weighted by Gasteiger charge is 2.62.